The quantitative estimate of drug-likeness (QED) is 0.492. The molecule has 8 heteroatoms. The minimum Gasteiger partial charge on any atom is -0.504 e. The predicted octanol–water partition coefficient (Wildman–Crippen LogP) is -0.614. The predicted molar refractivity (Wildman–Crippen MR) is 45.2 cm³/mol. The minimum absolute atomic E-state index is 0.567. The van der Waals surface area contributed by atoms with Crippen molar-refractivity contribution in [2.24, 2.45) is 5.14 Å². The summed E-state index contributed by atoms with van der Waals surface area (Å²) in [4.78, 5) is 0. The first kappa shape index (κ1) is 10.4. The Morgan fingerprint density at radius 1 is 1.14 bits per heavy atom. The maximum Gasteiger partial charge on any atom is 0.380 e. The lowest BCUT2D eigenvalue weighted by atomic mass is 10.3. The zero-order chi connectivity index (χ0) is 10.9. The molecule has 0 unspecified atom stereocenters. The molecular weight excluding hydrogens is 214 g/mol. The van der Waals surface area contributed by atoms with Crippen LogP contribution in [0.3, 0.4) is 0 Å². The summed E-state index contributed by atoms with van der Waals surface area (Å²) < 4.78 is 25.0. The summed E-state index contributed by atoms with van der Waals surface area (Å²) >= 11 is 0. The van der Waals surface area contributed by atoms with Gasteiger partial charge in [0.05, 0.1) is 0 Å². The van der Waals surface area contributed by atoms with E-state index in [1.165, 1.54) is 0 Å². The first-order valence-corrected chi connectivity index (χ1v) is 4.74. The SMILES string of the molecule is NS(=O)(=O)Oc1ccc(O)c(O)c1O. The van der Waals surface area contributed by atoms with E-state index in [2.05, 4.69) is 9.32 Å². The molecular formula is C6H7NO6S. The van der Waals surface area contributed by atoms with Crippen LogP contribution < -0.4 is 9.32 Å². The molecule has 0 spiro atoms. The Hall–Kier alpha value is -1.67. The Bertz CT molecular complexity index is 454. The summed E-state index contributed by atoms with van der Waals surface area (Å²) in [6, 6.07) is 1.88. The van der Waals surface area contributed by atoms with E-state index in [1.54, 1.807) is 0 Å². The van der Waals surface area contributed by atoms with Crippen molar-refractivity contribution in [3.05, 3.63) is 12.1 Å². The fourth-order valence-electron chi connectivity index (χ4n) is 0.743. The van der Waals surface area contributed by atoms with Gasteiger partial charge in [-0.3, -0.25) is 0 Å². The highest BCUT2D eigenvalue weighted by Gasteiger charge is 2.15. The number of aromatic hydroxyl groups is 3. The molecule has 7 nitrogen and oxygen atoms in total. The third-order valence-electron chi connectivity index (χ3n) is 1.30. The molecule has 0 aliphatic carbocycles. The Morgan fingerprint density at radius 3 is 2.21 bits per heavy atom. The Labute approximate surface area is 79.2 Å². The van der Waals surface area contributed by atoms with Gasteiger partial charge >= 0.3 is 10.3 Å². The van der Waals surface area contributed by atoms with E-state index in [0.29, 0.717) is 0 Å². The molecule has 0 aliphatic heterocycles. The first-order chi connectivity index (χ1) is 6.31. The topological polar surface area (TPSA) is 130 Å². The van der Waals surface area contributed by atoms with Crippen LogP contribution in [0.15, 0.2) is 12.1 Å². The van der Waals surface area contributed by atoms with Gasteiger partial charge in [0.25, 0.3) is 0 Å². The smallest absolute Gasteiger partial charge is 0.380 e. The second kappa shape index (κ2) is 3.24. The lowest BCUT2D eigenvalue weighted by Gasteiger charge is -2.06. The number of phenolic OH excluding ortho intramolecular Hbond substituents is 3. The number of rotatable bonds is 2. The van der Waals surface area contributed by atoms with Gasteiger partial charge in [0.1, 0.15) is 0 Å². The second-order valence-corrected chi connectivity index (χ2v) is 3.51. The van der Waals surface area contributed by atoms with Gasteiger partial charge in [0, 0.05) is 0 Å². The summed E-state index contributed by atoms with van der Waals surface area (Å²) in [6.07, 6.45) is 0. The lowest BCUT2D eigenvalue weighted by Crippen LogP contribution is -2.18. The molecule has 0 aliphatic rings. The van der Waals surface area contributed by atoms with Crippen LogP contribution in [-0.2, 0) is 10.3 Å². The Balaban J connectivity index is 3.19. The fraction of sp³-hybridized carbons (Fsp3) is 0. The average Bonchev–Trinajstić information content (AvgIpc) is 2.04. The van der Waals surface area contributed by atoms with Gasteiger partial charge in [-0.15, -0.1) is 0 Å². The number of benzene rings is 1. The number of hydrogen-bond acceptors (Lipinski definition) is 6. The van der Waals surface area contributed by atoms with Crippen LogP contribution in [0.2, 0.25) is 0 Å². The monoisotopic (exact) mass is 221 g/mol. The van der Waals surface area contributed by atoms with Crippen LogP contribution in [-0.4, -0.2) is 23.7 Å². The van der Waals surface area contributed by atoms with Gasteiger partial charge in [0.2, 0.25) is 11.5 Å². The van der Waals surface area contributed by atoms with E-state index in [0.717, 1.165) is 12.1 Å². The standard InChI is InChI=1S/C6H7NO6S/c7-14(11,12)13-4-2-1-3(8)5(9)6(4)10/h1-2,8-10H,(H2,7,11,12). The van der Waals surface area contributed by atoms with Crippen molar-refractivity contribution in [3.8, 4) is 23.0 Å². The number of phenols is 3. The van der Waals surface area contributed by atoms with Gasteiger partial charge in [-0.2, -0.15) is 13.6 Å². The van der Waals surface area contributed by atoms with Gasteiger partial charge in [-0.25, -0.2) is 0 Å². The summed E-state index contributed by atoms with van der Waals surface area (Å²) in [6.45, 7) is 0. The van der Waals surface area contributed by atoms with E-state index in [9.17, 15) is 8.42 Å². The molecule has 14 heavy (non-hydrogen) atoms. The molecule has 0 radical (unpaired) electrons. The van der Waals surface area contributed by atoms with Crippen molar-refractivity contribution >= 4 is 10.3 Å². The molecule has 0 amide bonds. The van der Waals surface area contributed by atoms with E-state index >= 15 is 0 Å². The van der Waals surface area contributed by atoms with Crippen molar-refractivity contribution < 1.29 is 27.9 Å². The molecule has 5 N–H and O–H groups in total. The third kappa shape index (κ3) is 2.18. The lowest BCUT2D eigenvalue weighted by molar-refractivity contribution is 0.356. The molecule has 1 aromatic rings. The van der Waals surface area contributed by atoms with Crippen molar-refractivity contribution in [1.29, 1.82) is 0 Å². The van der Waals surface area contributed by atoms with Crippen molar-refractivity contribution in [1.82, 2.24) is 0 Å². The maximum absolute atomic E-state index is 10.4. The minimum atomic E-state index is -4.28. The van der Waals surface area contributed by atoms with Crippen molar-refractivity contribution in [3.63, 3.8) is 0 Å². The fourth-order valence-corrected chi connectivity index (χ4v) is 1.13. The molecule has 1 rings (SSSR count). The Morgan fingerprint density at radius 2 is 1.71 bits per heavy atom. The van der Waals surface area contributed by atoms with Crippen LogP contribution >= 0.6 is 0 Å². The molecule has 0 aromatic heterocycles. The van der Waals surface area contributed by atoms with Crippen LogP contribution in [0.1, 0.15) is 0 Å². The third-order valence-corrected chi connectivity index (χ3v) is 1.71. The van der Waals surface area contributed by atoms with E-state index in [1.807, 2.05) is 0 Å². The molecule has 0 atom stereocenters. The average molecular weight is 221 g/mol. The molecule has 0 bridgehead atoms. The zero-order valence-electron chi connectivity index (χ0n) is 6.71. The molecule has 78 valence electrons. The zero-order valence-corrected chi connectivity index (χ0v) is 7.52. The summed E-state index contributed by atoms with van der Waals surface area (Å²) in [5.74, 6) is -2.96. The van der Waals surface area contributed by atoms with Crippen molar-refractivity contribution in [2.75, 3.05) is 0 Å². The highest BCUT2D eigenvalue weighted by atomic mass is 32.2. The van der Waals surface area contributed by atoms with E-state index in [4.69, 9.17) is 15.3 Å². The van der Waals surface area contributed by atoms with Gasteiger partial charge < -0.3 is 19.5 Å². The van der Waals surface area contributed by atoms with Crippen LogP contribution in [0.4, 0.5) is 0 Å². The highest BCUT2D eigenvalue weighted by molar-refractivity contribution is 7.84. The van der Waals surface area contributed by atoms with Crippen molar-refractivity contribution in [2.45, 2.75) is 0 Å². The van der Waals surface area contributed by atoms with Gasteiger partial charge in [-0.05, 0) is 12.1 Å². The summed E-state index contributed by atoms with van der Waals surface area (Å²) in [7, 11) is -4.28. The summed E-state index contributed by atoms with van der Waals surface area (Å²) in [5, 5.41) is 31.5. The largest absolute Gasteiger partial charge is 0.504 e. The van der Waals surface area contributed by atoms with Crippen LogP contribution in [0.5, 0.6) is 23.0 Å². The molecule has 0 heterocycles. The molecule has 0 saturated heterocycles. The van der Waals surface area contributed by atoms with Crippen LogP contribution in [0.25, 0.3) is 0 Å². The van der Waals surface area contributed by atoms with Gasteiger partial charge in [-0.1, -0.05) is 0 Å². The first-order valence-electron chi connectivity index (χ1n) is 3.27. The molecule has 1 aromatic carbocycles. The summed E-state index contributed by atoms with van der Waals surface area (Å²) in [5.41, 5.74) is 0. The van der Waals surface area contributed by atoms with Crippen LogP contribution in [0, 0.1) is 0 Å². The number of hydrogen-bond donors (Lipinski definition) is 4. The van der Waals surface area contributed by atoms with E-state index in [-0.39, 0.29) is 0 Å². The second-order valence-electron chi connectivity index (χ2n) is 2.36. The van der Waals surface area contributed by atoms with E-state index < -0.39 is 33.3 Å². The highest BCUT2D eigenvalue weighted by Crippen LogP contribution is 2.41. The Kier molecular flexibility index (Phi) is 2.41. The molecule has 0 fully saturated rings. The molecule has 0 saturated carbocycles. The van der Waals surface area contributed by atoms with Gasteiger partial charge in [0.15, 0.2) is 11.5 Å². The number of nitrogens with two attached hydrogens (primary N) is 1. The maximum atomic E-state index is 10.4. The normalized spacial score (nSPS) is 11.2.